The number of amides is 1. The first-order valence-electron chi connectivity index (χ1n) is 6.23. The molecule has 5 nitrogen and oxygen atoms in total. The fourth-order valence-electron chi connectivity index (χ4n) is 1.62. The van der Waals surface area contributed by atoms with E-state index in [-0.39, 0.29) is 17.7 Å². The average molecular weight is 264 g/mol. The predicted molar refractivity (Wildman–Crippen MR) is 71.7 cm³/mol. The standard InChI is InChI=1S/C14H20N2O3/c1-10(13(18)19)7-12(17)16-9-14(2,3)11-5-4-6-15-8-11/h4-6,8,10H,7,9H2,1-3H3,(H,16,17)(H,18,19). The van der Waals surface area contributed by atoms with Crippen LogP contribution in [0.2, 0.25) is 0 Å². The van der Waals surface area contributed by atoms with Crippen molar-refractivity contribution in [3.8, 4) is 0 Å². The van der Waals surface area contributed by atoms with Crippen molar-refractivity contribution in [1.82, 2.24) is 10.3 Å². The van der Waals surface area contributed by atoms with Gasteiger partial charge in [-0.1, -0.05) is 26.8 Å². The highest BCUT2D eigenvalue weighted by Crippen LogP contribution is 2.20. The fraction of sp³-hybridized carbons (Fsp3) is 0.500. The average Bonchev–Trinajstić information content (AvgIpc) is 2.37. The molecule has 0 saturated carbocycles. The summed E-state index contributed by atoms with van der Waals surface area (Å²) in [6.07, 6.45) is 3.47. The first-order chi connectivity index (χ1) is 8.83. The predicted octanol–water partition coefficient (Wildman–Crippen LogP) is 1.59. The van der Waals surface area contributed by atoms with Crippen molar-refractivity contribution in [3.05, 3.63) is 30.1 Å². The molecular formula is C14H20N2O3. The maximum atomic E-state index is 11.6. The van der Waals surface area contributed by atoms with Crippen LogP contribution in [0, 0.1) is 5.92 Å². The summed E-state index contributed by atoms with van der Waals surface area (Å²) >= 11 is 0. The Labute approximate surface area is 113 Å². The zero-order valence-corrected chi connectivity index (χ0v) is 11.5. The smallest absolute Gasteiger partial charge is 0.306 e. The molecule has 5 heteroatoms. The normalized spacial score (nSPS) is 12.8. The molecule has 1 heterocycles. The molecule has 0 fully saturated rings. The van der Waals surface area contributed by atoms with E-state index in [2.05, 4.69) is 10.3 Å². The lowest BCUT2D eigenvalue weighted by atomic mass is 9.85. The third-order valence-corrected chi connectivity index (χ3v) is 3.08. The van der Waals surface area contributed by atoms with Gasteiger partial charge >= 0.3 is 5.97 Å². The molecule has 0 aliphatic carbocycles. The number of aromatic nitrogens is 1. The van der Waals surface area contributed by atoms with Crippen molar-refractivity contribution < 1.29 is 14.7 Å². The quantitative estimate of drug-likeness (QED) is 0.817. The van der Waals surface area contributed by atoms with Gasteiger partial charge in [-0.3, -0.25) is 14.6 Å². The van der Waals surface area contributed by atoms with E-state index in [9.17, 15) is 9.59 Å². The van der Waals surface area contributed by atoms with Crippen molar-refractivity contribution in [3.63, 3.8) is 0 Å². The van der Waals surface area contributed by atoms with Crippen LogP contribution < -0.4 is 5.32 Å². The lowest BCUT2D eigenvalue weighted by Gasteiger charge is -2.25. The molecule has 1 aromatic rings. The second-order valence-corrected chi connectivity index (χ2v) is 5.35. The molecule has 0 saturated heterocycles. The van der Waals surface area contributed by atoms with E-state index in [1.54, 1.807) is 12.4 Å². The number of hydrogen-bond donors (Lipinski definition) is 2. The van der Waals surface area contributed by atoms with Crippen LogP contribution in [0.25, 0.3) is 0 Å². The number of hydrogen-bond acceptors (Lipinski definition) is 3. The number of aliphatic carboxylic acids is 1. The number of carbonyl (C=O) groups is 2. The van der Waals surface area contributed by atoms with Crippen LogP contribution in [0.1, 0.15) is 32.8 Å². The molecule has 2 N–H and O–H groups in total. The number of carbonyl (C=O) groups excluding carboxylic acids is 1. The van der Waals surface area contributed by atoms with E-state index in [1.807, 2.05) is 26.0 Å². The molecule has 0 aliphatic rings. The summed E-state index contributed by atoms with van der Waals surface area (Å²) in [4.78, 5) is 26.4. The summed E-state index contributed by atoms with van der Waals surface area (Å²) in [5.41, 5.74) is 0.790. The molecule has 1 aromatic heterocycles. The molecule has 0 aliphatic heterocycles. The van der Waals surface area contributed by atoms with Gasteiger partial charge in [0, 0.05) is 30.8 Å². The Morgan fingerprint density at radius 3 is 2.68 bits per heavy atom. The van der Waals surface area contributed by atoms with Gasteiger partial charge in [-0.05, 0) is 11.6 Å². The van der Waals surface area contributed by atoms with Gasteiger partial charge in [0.1, 0.15) is 0 Å². The van der Waals surface area contributed by atoms with Gasteiger partial charge in [0.05, 0.1) is 5.92 Å². The Kier molecular flexibility index (Phi) is 5.03. The molecule has 1 amide bonds. The Balaban J connectivity index is 2.52. The van der Waals surface area contributed by atoms with E-state index in [4.69, 9.17) is 5.11 Å². The molecular weight excluding hydrogens is 244 g/mol. The minimum atomic E-state index is -0.957. The molecule has 19 heavy (non-hydrogen) atoms. The van der Waals surface area contributed by atoms with Crippen LogP contribution in [0.4, 0.5) is 0 Å². The van der Waals surface area contributed by atoms with E-state index in [0.717, 1.165) is 5.56 Å². The molecule has 1 rings (SSSR count). The molecule has 0 spiro atoms. The van der Waals surface area contributed by atoms with E-state index in [0.29, 0.717) is 6.54 Å². The van der Waals surface area contributed by atoms with Crippen molar-refractivity contribution in [1.29, 1.82) is 0 Å². The summed E-state index contributed by atoms with van der Waals surface area (Å²) in [6.45, 7) is 5.98. The maximum absolute atomic E-state index is 11.6. The monoisotopic (exact) mass is 264 g/mol. The molecule has 0 radical (unpaired) electrons. The molecule has 0 bridgehead atoms. The maximum Gasteiger partial charge on any atom is 0.306 e. The Hall–Kier alpha value is -1.91. The van der Waals surface area contributed by atoms with Gasteiger partial charge in [-0.15, -0.1) is 0 Å². The minimum absolute atomic E-state index is 0.00153. The minimum Gasteiger partial charge on any atom is -0.481 e. The molecule has 104 valence electrons. The number of carboxylic acids is 1. The number of rotatable bonds is 6. The van der Waals surface area contributed by atoms with Gasteiger partial charge < -0.3 is 10.4 Å². The van der Waals surface area contributed by atoms with E-state index < -0.39 is 11.9 Å². The van der Waals surface area contributed by atoms with Crippen LogP contribution in [-0.4, -0.2) is 28.5 Å². The second-order valence-electron chi connectivity index (χ2n) is 5.35. The van der Waals surface area contributed by atoms with Crippen LogP contribution >= 0.6 is 0 Å². The third kappa shape index (κ3) is 4.69. The third-order valence-electron chi connectivity index (χ3n) is 3.08. The largest absolute Gasteiger partial charge is 0.481 e. The SMILES string of the molecule is CC(CC(=O)NCC(C)(C)c1cccnc1)C(=O)O. The highest BCUT2D eigenvalue weighted by Gasteiger charge is 2.22. The summed E-state index contributed by atoms with van der Waals surface area (Å²) in [5.74, 6) is -1.87. The Morgan fingerprint density at radius 1 is 1.47 bits per heavy atom. The number of pyridine rings is 1. The van der Waals surface area contributed by atoms with Gasteiger partial charge in [-0.25, -0.2) is 0 Å². The van der Waals surface area contributed by atoms with Gasteiger partial charge in [-0.2, -0.15) is 0 Å². The first kappa shape index (κ1) is 15.1. The number of carboxylic acid groups (broad SMARTS) is 1. The summed E-state index contributed by atoms with van der Waals surface area (Å²) in [6, 6.07) is 3.81. The first-order valence-corrected chi connectivity index (χ1v) is 6.23. The summed E-state index contributed by atoms with van der Waals surface area (Å²) in [7, 11) is 0. The highest BCUT2D eigenvalue weighted by molar-refractivity contribution is 5.82. The van der Waals surface area contributed by atoms with Gasteiger partial charge in [0.25, 0.3) is 0 Å². The van der Waals surface area contributed by atoms with Crippen molar-refractivity contribution in [2.75, 3.05) is 6.54 Å². The molecule has 1 unspecified atom stereocenters. The van der Waals surface area contributed by atoms with E-state index in [1.165, 1.54) is 6.92 Å². The van der Waals surface area contributed by atoms with Crippen molar-refractivity contribution in [2.45, 2.75) is 32.6 Å². The summed E-state index contributed by atoms with van der Waals surface area (Å²) < 4.78 is 0. The van der Waals surface area contributed by atoms with E-state index >= 15 is 0 Å². The molecule has 1 atom stereocenters. The van der Waals surface area contributed by atoms with Crippen LogP contribution in [0.5, 0.6) is 0 Å². The number of nitrogens with zero attached hydrogens (tertiary/aromatic N) is 1. The van der Waals surface area contributed by atoms with Crippen LogP contribution in [0.3, 0.4) is 0 Å². The van der Waals surface area contributed by atoms with Crippen LogP contribution in [0.15, 0.2) is 24.5 Å². The number of nitrogens with one attached hydrogen (secondary N) is 1. The lowest BCUT2D eigenvalue weighted by Crippen LogP contribution is -2.37. The van der Waals surface area contributed by atoms with Gasteiger partial charge in [0.2, 0.25) is 5.91 Å². The Morgan fingerprint density at radius 2 is 2.16 bits per heavy atom. The lowest BCUT2D eigenvalue weighted by molar-refractivity contribution is -0.143. The van der Waals surface area contributed by atoms with Crippen molar-refractivity contribution in [2.24, 2.45) is 5.92 Å². The molecule has 0 aromatic carbocycles. The summed E-state index contributed by atoms with van der Waals surface area (Å²) in [5, 5.41) is 11.5. The van der Waals surface area contributed by atoms with Gasteiger partial charge in [0.15, 0.2) is 0 Å². The second kappa shape index (κ2) is 6.31. The van der Waals surface area contributed by atoms with Crippen LogP contribution in [-0.2, 0) is 15.0 Å². The highest BCUT2D eigenvalue weighted by atomic mass is 16.4. The zero-order valence-electron chi connectivity index (χ0n) is 11.5. The van der Waals surface area contributed by atoms with Crippen molar-refractivity contribution >= 4 is 11.9 Å². The fourth-order valence-corrected chi connectivity index (χ4v) is 1.62. The Bertz CT molecular complexity index is 443. The zero-order chi connectivity index (χ0) is 14.5. The topological polar surface area (TPSA) is 79.3 Å².